The van der Waals surface area contributed by atoms with Crippen LogP contribution in [0.15, 0.2) is 34.7 Å². The lowest BCUT2D eigenvalue weighted by Gasteiger charge is -2.30. The molecule has 0 saturated carbocycles. The Balaban J connectivity index is 2.01. The number of rotatable bonds is 9. The zero-order valence-corrected chi connectivity index (χ0v) is 17.6. The molecule has 1 aliphatic rings. The third kappa shape index (κ3) is 5.33. The van der Waals surface area contributed by atoms with Crippen molar-refractivity contribution in [2.24, 2.45) is 5.92 Å². The van der Waals surface area contributed by atoms with Gasteiger partial charge in [-0.25, -0.2) is 8.42 Å². The predicted octanol–water partition coefficient (Wildman–Crippen LogP) is 1.44. The second-order valence-corrected chi connectivity index (χ2v) is 8.71. The van der Waals surface area contributed by atoms with E-state index in [0.29, 0.717) is 32.5 Å². The molecule has 2 rings (SSSR count). The molecule has 0 bridgehead atoms. The standard InChI is InChI=1S/C19H27N3O6S/c1-5-9-21(10-6-2)17(23)13-27-19(24)16-8-7-11-22(12-16)29(25,26)18-14(3)20-28-15(18)4/h5-6,16H,1-2,7-13H2,3-4H3. The van der Waals surface area contributed by atoms with Gasteiger partial charge < -0.3 is 14.2 Å². The van der Waals surface area contributed by atoms with Crippen LogP contribution in [0.25, 0.3) is 0 Å². The quantitative estimate of drug-likeness (QED) is 0.435. The smallest absolute Gasteiger partial charge is 0.310 e. The highest BCUT2D eigenvalue weighted by Gasteiger charge is 2.37. The lowest BCUT2D eigenvalue weighted by molar-refractivity contribution is -0.156. The van der Waals surface area contributed by atoms with E-state index in [0.717, 1.165) is 0 Å². The first-order chi connectivity index (χ1) is 13.7. The summed E-state index contributed by atoms with van der Waals surface area (Å²) in [5.74, 6) is -1.38. The molecule has 0 radical (unpaired) electrons. The molecule has 9 nitrogen and oxygen atoms in total. The van der Waals surface area contributed by atoms with Crippen LogP contribution in [-0.4, -0.2) is 67.4 Å². The van der Waals surface area contributed by atoms with Gasteiger partial charge in [-0.05, 0) is 26.7 Å². The number of ether oxygens (including phenoxy) is 1. The normalized spacial score (nSPS) is 17.5. The highest BCUT2D eigenvalue weighted by atomic mass is 32.2. The fourth-order valence-electron chi connectivity index (χ4n) is 3.26. The summed E-state index contributed by atoms with van der Waals surface area (Å²) >= 11 is 0. The lowest BCUT2D eigenvalue weighted by Crippen LogP contribution is -2.43. The van der Waals surface area contributed by atoms with Crippen LogP contribution < -0.4 is 0 Å². The monoisotopic (exact) mass is 425 g/mol. The van der Waals surface area contributed by atoms with Crippen LogP contribution in [-0.2, 0) is 24.3 Å². The van der Waals surface area contributed by atoms with Crippen LogP contribution in [0.2, 0.25) is 0 Å². The number of esters is 1. The van der Waals surface area contributed by atoms with E-state index in [-0.39, 0.29) is 28.8 Å². The Morgan fingerprint density at radius 2 is 1.97 bits per heavy atom. The molecule has 1 fully saturated rings. The van der Waals surface area contributed by atoms with Crippen LogP contribution in [0.4, 0.5) is 0 Å². The van der Waals surface area contributed by atoms with Gasteiger partial charge in [0.15, 0.2) is 12.4 Å². The lowest BCUT2D eigenvalue weighted by atomic mass is 10.00. The molecule has 1 atom stereocenters. The van der Waals surface area contributed by atoms with Crippen molar-refractivity contribution in [3.8, 4) is 0 Å². The van der Waals surface area contributed by atoms with E-state index >= 15 is 0 Å². The SMILES string of the molecule is C=CCN(CC=C)C(=O)COC(=O)C1CCCN(S(=O)(=O)c2c(C)noc2C)C1. The number of nitrogens with zero attached hydrogens (tertiary/aromatic N) is 3. The maximum absolute atomic E-state index is 13.0. The number of piperidine rings is 1. The Morgan fingerprint density at radius 3 is 2.52 bits per heavy atom. The molecule has 0 aromatic carbocycles. The fourth-order valence-corrected chi connectivity index (χ4v) is 5.07. The largest absolute Gasteiger partial charge is 0.455 e. The van der Waals surface area contributed by atoms with Gasteiger partial charge in [-0.3, -0.25) is 9.59 Å². The summed E-state index contributed by atoms with van der Waals surface area (Å²) < 4.78 is 37.3. The average Bonchev–Trinajstić information content (AvgIpc) is 3.04. The predicted molar refractivity (Wildman–Crippen MR) is 105 cm³/mol. The molecule has 29 heavy (non-hydrogen) atoms. The average molecular weight is 426 g/mol. The highest BCUT2D eigenvalue weighted by molar-refractivity contribution is 7.89. The summed E-state index contributed by atoms with van der Waals surface area (Å²) in [5, 5.41) is 3.70. The van der Waals surface area contributed by atoms with E-state index in [2.05, 4.69) is 18.3 Å². The molecule has 1 unspecified atom stereocenters. The summed E-state index contributed by atoms with van der Waals surface area (Å²) in [6.45, 7) is 10.8. The second kappa shape index (κ2) is 9.84. The Kier molecular flexibility index (Phi) is 7.74. The maximum atomic E-state index is 13.0. The minimum Gasteiger partial charge on any atom is -0.455 e. The van der Waals surface area contributed by atoms with Gasteiger partial charge in [0.05, 0.1) is 5.92 Å². The van der Waals surface area contributed by atoms with Crippen molar-refractivity contribution in [2.75, 3.05) is 32.8 Å². The minimum atomic E-state index is -3.83. The summed E-state index contributed by atoms with van der Waals surface area (Å²) in [7, 11) is -3.83. The number of carbonyl (C=O) groups is 2. The zero-order valence-electron chi connectivity index (χ0n) is 16.8. The third-order valence-corrected chi connectivity index (χ3v) is 6.78. The number of carbonyl (C=O) groups excluding carboxylic acids is 2. The molecule has 160 valence electrons. The van der Waals surface area contributed by atoms with Gasteiger partial charge >= 0.3 is 5.97 Å². The molecule has 0 aliphatic carbocycles. The Labute approximate surface area is 171 Å². The number of sulfonamides is 1. The van der Waals surface area contributed by atoms with Crippen molar-refractivity contribution in [3.63, 3.8) is 0 Å². The third-order valence-electron chi connectivity index (χ3n) is 4.67. The molecular weight excluding hydrogens is 398 g/mol. The number of amides is 1. The first-order valence-electron chi connectivity index (χ1n) is 9.31. The van der Waals surface area contributed by atoms with Crippen LogP contribution >= 0.6 is 0 Å². The van der Waals surface area contributed by atoms with Gasteiger partial charge in [0.1, 0.15) is 10.6 Å². The van der Waals surface area contributed by atoms with Crippen molar-refractivity contribution < 1.29 is 27.3 Å². The number of aryl methyl sites for hydroxylation is 2. The van der Waals surface area contributed by atoms with Crippen LogP contribution in [0.3, 0.4) is 0 Å². The van der Waals surface area contributed by atoms with Crippen molar-refractivity contribution in [1.82, 2.24) is 14.4 Å². The van der Waals surface area contributed by atoms with Gasteiger partial charge in [-0.15, -0.1) is 13.2 Å². The van der Waals surface area contributed by atoms with Crippen molar-refractivity contribution in [1.29, 1.82) is 0 Å². The molecule has 1 aliphatic heterocycles. The Morgan fingerprint density at radius 1 is 1.31 bits per heavy atom. The number of aromatic nitrogens is 1. The van der Waals surface area contributed by atoms with E-state index in [1.807, 2.05) is 0 Å². The molecule has 1 aromatic rings. The molecule has 10 heteroatoms. The van der Waals surface area contributed by atoms with E-state index < -0.39 is 28.5 Å². The van der Waals surface area contributed by atoms with E-state index in [4.69, 9.17) is 9.26 Å². The van der Waals surface area contributed by atoms with Crippen molar-refractivity contribution in [3.05, 3.63) is 36.8 Å². The van der Waals surface area contributed by atoms with Gasteiger partial charge in [0.25, 0.3) is 5.91 Å². The molecular formula is C19H27N3O6S. The molecule has 1 amide bonds. The topological polar surface area (TPSA) is 110 Å². The van der Waals surface area contributed by atoms with Crippen LogP contribution in [0.5, 0.6) is 0 Å². The fraction of sp³-hybridized carbons (Fsp3) is 0.526. The van der Waals surface area contributed by atoms with Crippen LogP contribution in [0, 0.1) is 19.8 Å². The second-order valence-electron chi connectivity index (χ2n) is 6.84. The molecule has 1 saturated heterocycles. The molecule has 0 spiro atoms. The van der Waals surface area contributed by atoms with Crippen LogP contribution in [0.1, 0.15) is 24.3 Å². The van der Waals surface area contributed by atoms with Gasteiger partial charge in [0, 0.05) is 26.2 Å². The van der Waals surface area contributed by atoms with Gasteiger partial charge in [-0.2, -0.15) is 4.31 Å². The Bertz CT molecular complexity index is 847. The molecule has 1 aromatic heterocycles. The first kappa shape index (κ1) is 22.8. The van der Waals surface area contributed by atoms with E-state index in [1.54, 1.807) is 19.1 Å². The summed E-state index contributed by atoms with van der Waals surface area (Å²) in [5.41, 5.74) is 0.280. The van der Waals surface area contributed by atoms with E-state index in [1.165, 1.54) is 16.1 Å². The number of hydrogen-bond acceptors (Lipinski definition) is 7. The summed E-state index contributed by atoms with van der Waals surface area (Å²) in [6.07, 6.45) is 4.14. The summed E-state index contributed by atoms with van der Waals surface area (Å²) in [6, 6.07) is 0. The molecule has 2 heterocycles. The minimum absolute atomic E-state index is 0.0115. The van der Waals surface area contributed by atoms with Gasteiger partial charge in [-0.1, -0.05) is 17.3 Å². The number of hydrogen-bond donors (Lipinski definition) is 0. The first-order valence-corrected chi connectivity index (χ1v) is 10.8. The Hall–Kier alpha value is -2.46. The van der Waals surface area contributed by atoms with E-state index in [9.17, 15) is 18.0 Å². The maximum Gasteiger partial charge on any atom is 0.310 e. The van der Waals surface area contributed by atoms with Gasteiger partial charge in [0.2, 0.25) is 10.0 Å². The summed E-state index contributed by atoms with van der Waals surface area (Å²) in [4.78, 5) is 26.1. The molecule has 0 N–H and O–H groups in total. The van der Waals surface area contributed by atoms with Crippen molar-refractivity contribution >= 4 is 21.9 Å². The highest BCUT2D eigenvalue weighted by Crippen LogP contribution is 2.28. The zero-order chi connectivity index (χ0) is 21.6. The van der Waals surface area contributed by atoms with Crippen molar-refractivity contribution in [2.45, 2.75) is 31.6 Å².